The van der Waals surface area contributed by atoms with Gasteiger partial charge in [-0.2, -0.15) is 5.10 Å². The van der Waals surface area contributed by atoms with E-state index in [4.69, 9.17) is 5.73 Å². The lowest BCUT2D eigenvalue weighted by Crippen LogP contribution is -1.85. The Morgan fingerprint density at radius 1 is 1.00 bits per heavy atom. The molecule has 68 valence electrons. The molecule has 0 atom stereocenters. The molecule has 0 unspecified atom stereocenters. The van der Waals surface area contributed by atoms with Gasteiger partial charge in [0.2, 0.25) is 0 Å². The number of aromatic amines is 1. The average molecular weight is 183 g/mol. The molecule has 3 aromatic rings. The summed E-state index contributed by atoms with van der Waals surface area (Å²) in [6.07, 6.45) is 1.83. The van der Waals surface area contributed by atoms with Gasteiger partial charge in [0.05, 0.1) is 11.7 Å². The molecule has 0 aliphatic rings. The molecule has 0 bridgehead atoms. The molecule has 0 spiro atoms. The SMILES string of the molecule is Nc1cccc2c1ccc1[nH]ncc12. The third kappa shape index (κ3) is 0.836. The molecular weight excluding hydrogens is 174 g/mol. The molecule has 0 saturated carbocycles. The highest BCUT2D eigenvalue weighted by Gasteiger charge is 2.02. The van der Waals surface area contributed by atoms with Gasteiger partial charge in [-0.3, -0.25) is 5.10 Å². The van der Waals surface area contributed by atoms with E-state index in [1.165, 1.54) is 0 Å². The maximum absolute atomic E-state index is 5.89. The zero-order valence-corrected chi connectivity index (χ0v) is 7.49. The zero-order chi connectivity index (χ0) is 9.54. The summed E-state index contributed by atoms with van der Waals surface area (Å²) in [6.45, 7) is 0. The minimum atomic E-state index is 0.811. The van der Waals surface area contributed by atoms with Crippen LogP contribution >= 0.6 is 0 Å². The molecule has 3 nitrogen and oxygen atoms in total. The Bertz CT molecular complexity index is 610. The van der Waals surface area contributed by atoms with Crippen LogP contribution in [0.2, 0.25) is 0 Å². The quantitative estimate of drug-likeness (QED) is 0.525. The van der Waals surface area contributed by atoms with Crippen molar-refractivity contribution in [1.29, 1.82) is 0 Å². The number of nitrogens with one attached hydrogen (secondary N) is 1. The number of hydrogen-bond donors (Lipinski definition) is 2. The van der Waals surface area contributed by atoms with Gasteiger partial charge in [-0.1, -0.05) is 18.2 Å². The van der Waals surface area contributed by atoms with Crippen LogP contribution in [-0.2, 0) is 0 Å². The zero-order valence-electron chi connectivity index (χ0n) is 7.49. The Labute approximate surface area is 80.5 Å². The first-order valence-electron chi connectivity index (χ1n) is 4.46. The fraction of sp³-hybridized carbons (Fsp3) is 0. The summed E-state index contributed by atoms with van der Waals surface area (Å²) in [5, 5.41) is 10.3. The first-order chi connectivity index (χ1) is 6.86. The Morgan fingerprint density at radius 2 is 1.93 bits per heavy atom. The fourth-order valence-corrected chi connectivity index (χ4v) is 1.81. The van der Waals surface area contributed by atoms with Crippen LogP contribution in [0.3, 0.4) is 0 Å². The number of hydrogen-bond acceptors (Lipinski definition) is 2. The molecule has 1 heterocycles. The number of fused-ring (bicyclic) bond motifs is 3. The number of nitrogens with two attached hydrogens (primary N) is 1. The van der Waals surface area contributed by atoms with Gasteiger partial charge in [-0.25, -0.2) is 0 Å². The van der Waals surface area contributed by atoms with Crippen molar-refractivity contribution in [3.8, 4) is 0 Å². The highest BCUT2D eigenvalue weighted by atomic mass is 15.1. The maximum atomic E-state index is 5.89. The number of aromatic nitrogens is 2. The average Bonchev–Trinajstić information content (AvgIpc) is 2.66. The van der Waals surface area contributed by atoms with Crippen LogP contribution in [0.15, 0.2) is 36.5 Å². The Hall–Kier alpha value is -2.03. The molecule has 2 aromatic carbocycles. The van der Waals surface area contributed by atoms with E-state index >= 15 is 0 Å². The largest absolute Gasteiger partial charge is 0.398 e. The third-order valence-corrected chi connectivity index (χ3v) is 2.52. The summed E-state index contributed by atoms with van der Waals surface area (Å²) < 4.78 is 0. The van der Waals surface area contributed by atoms with Crippen molar-refractivity contribution >= 4 is 27.4 Å². The molecule has 14 heavy (non-hydrogen) atoms. The van der Waals surface area contributed by atoms with E-state index < -0.39 is 0 Å². The smallest absolute Gasteiger partial charge is 0.0656 e. The Balaban J connectivity index is 2.64. The van der Waals surface area contributed by atoms with Gasteiger partial charge in [-0.15, -0.1) is 0 Å². The van der Waals surface area contributed by atoms with E-state index in [0.717, 1.165) is 27.4 Å². The van der Waals surface area contributed by atoms with Crippen LogP contribution in [0.1, 0.15) is 0 Å². The lowest BCUT2D eigenvalue weighted by Gasteiger charge is -2.01. The van der Waals surface area contributed by atoms with Gasteiger partial charge >= 0.3 is 0 Å². The molecule has 3 N–H and O–H groups in total. The topological polar surface area (TPSA) is 54.7 Å². The first-order valence-corrected chi connectivity index (χ1v) is 4.46. The molecule has 0 saturated heterocycles. The highest BCUT2D eigenvalue weighted by Crippen LogP contribution is 2.27. The van der Waals surface area contributed by atoms with Crippen LogP contribution in [0, 0.1) is 0 Å². The van der Waals surface area contributed by atoms with Crippen LogP contribution in [0.25, 0.3) is 21.7 Å². The van der Waals surface area contributed by atoms with E-state index in [2.05, 4.69) is 16.3 Å². The molecule has 3 heteroatoms. The van der Waals surface area contributed by atoms with Crippen molar-refractivity contribution in [2.24, 2.45) is 0 Å². The number of H-pyrrole nitrogens is 1. The molecular formula is C11H9N3. The van der Waals surface area contributed by atoms with E-state index in [9.17, 15) is 0 Å². The molecule has 0 amide bonds. The van der Waals surface area contributed by atoms with Crippen LogP contribution in [0.4, 0.5) is 5.69 Å². The highest BCUT2D eigenvalue weighted by molar-refractivity contribution is 6.09. The minimum Gasteiger partial charge on any atom is -0.398 e. The Morgan fingerprint density at radius 3 is 2.86 bits per heavy atom. The van der Waals surface area contributed by atoms with Crippen LogP contribution in [-0.4, -0.2) is 10.2 Å². The molecule has 0 aliphatic heterocycles. The van der Waals surface area contributed by atoms with Crippen molar-refractivity contribution in [1.82, 2.24) is 10.2 Å². The fourth-order valence-electron chi connectivity index (χ4n) is 1.81. The predicted octanol–water partition coefficient (Wildman–Crippen LogP) is 2.30. The predicted molar refractivity (Wildman–Crippen MR) is 58.0 cm³/mol. The molecule has 0 radical (unpaired) electrons. The number of nitrogens with zero attached hydrogens (tertiary/aromatic N) is 1. The van der Waals surface area contributed by atoms with Crippen molar-refractivity contribution in [2.45, 2.75) is 0 Å². The molecule has 0 fully saturated rings. The summed E-state index contributed by atoms with van der Waals surface area (Å²) >= 11 is 0. The molecule has 0 aliphatic carbocycles. The normalized spacial score (nSPS) is 11.1. The number of nitrogen functional groups attached to an aromatic ring is 1. The summed E-state index contributed by atoms with van der Waals surface area (Å²) in [5.74, 6) is 0. The van der Waals surface area contributed by atoms with Gasteiger partial charge in [0, 0.05) is 16.5 Å². The van der Waals surface area contributed by atoms with Gasteiger partial charge in [0.1, 0.15) is 0 Å². The standard InChI is InChI=1S/C11H9N3/c12-10-3-1-2-7-8(10)4-5-11-9(7)6-13-14-11/h1-6H,12H2,(H,13,14). The summed E-state index contributed by atoms with van der Waals surface area (Å²) in [5.41, 5.74) is 7.74. The maximum Gasteiger partial charge on any atom is 0.0656 e. The van der Waals surface area contributed by atoms with E-state index in [1.54, 1.807) is 0 Å². The van der Waals surface area contributed by atoms with E-state index in [-0.39, 0.29) is 0 Å². The monoisotopic (exact) mass is 183 g/mol. The lowest BCUT2D eigenvalue weighted by atomic mass is 10.1. The first kappa shape index (κ1) is 7.38. The van der Waals surface area contributed by atoms with Crippen LogP contribution in [0.5, 0.6) is 0 Å². The summed E-state index contributed by atoms with van der Waals surface area (Å²) in [6, 6.07) is 9.95. The minimum absolute atomic E-state index is 0.811. The van der Waals surface area contributed by atoms with Crippen molar-refractivity contribution in [2.75, 3.05) is 5.73 Å². The van der Waals surface area contributed by atoms with Gasteiger partial charge < -0.3 is 5.73 Å². The van der Waals surface area contributed by atoms with Gasteiger partial charge in [-0.05, 0) is 17.5 Å². The Kier molecular flexibility index (Phi) is 1.31. The third-order valence-electron chi connectivity index (χ3n) is 2.52. The van der Waals surface area contributed by atoms with E-state index in [1.807, 2.05) is 30.5 Å². The second kappa shape index (κ2) is 2.48. The number of rotatable bonds is 0. The van der Waals surface area contributed by atoms with Crippen molar-refractivity contribution < 1.29 is 0 Å². The molecule has 3 rings (SSSR count). The molecule has 1 aromatic heterocycles. The number of benzene rings is 2. The van der Waals surface area contributed by atoms with Crippen molar-refractivity contribution in [3.05, 3.63) is 36.5 Å². The van der Waals surface area contributed by atoms with Gasteiger partial charge in [0.25, 0.3) is 0 Å². The lowest BCUT2D eigenvalue weighted by molar-refractivity contribution is 1.12. The van der Waals surface area contributed by atoms with Gasteiger partial charge in [0.15, 0.2) is 0 Å². The summed E-state index contributed by atoms with van der Waals surface area (Å²) in [7, 11) is 0. The second-order valence-corrected chi connectivity index (χ2v) is 3.34. The van der Waals surface area contributed by atoms with E-state index in [0.29, 0.717) is 0 Å². The van der Waals surface area contributed by atoms with Crippen molar-refractivity contribution in [3.63, 3.8) is 0 Å². The summed E-state index contributed by atoms with van der Waals surface area (Å²) in [4.78, 5) is 0. The second-order valence-electron chi connectivity index (χ2n) is 3.34. The number of anilines is 1. The van der Waals surface area contributed by atoms with Crippen LogP contribution < -0.4 is 5.73 Å².